The molecule has 15 heavy (non-hydrogen) atoms. The van der Waals surface area contributed by atoms with Gasteiger partial charge >= 0.3 is 5.97 Å². The molecule has 0 spiro atoms. The minimum atomic E-state index is -3.20. The van der Waals surface area contributed by atoms with Crippen LogP contribution in [0.4, 0.5) is 0 Å². The highest BCUT2D eigenvalue weighted by atomic mass is 32.2. The van der Waals surface area contributed by atoms with Gasteiger partial charge < -0.3 is 15.5 Å². The Morgan fingerprint density at radius 2 is 2.13 bits per heavy atom. The highest BCUT2D eigenvalue weighted by Crippen LogP contribution is 2.09. The average Bonchev–Trinajstić information content (AvgIpc) is 2.34. The summed E-state index contributed by atoms with van der Waals surface area (Å²) in [5.41, 5.74) is 0. The van der Waals surface area contributed by atoms with Gasteiger partial charge in [0.05, 0.1) is 5.75 Å². The number of carbonyl (C=O) groups is 1. The third-order valence-electron chi connectivity index (χ3n) is 2.60. The molecule has 4 N–H and O–H groups in total. The minimum Gasteiger partial charge on any atom is -0.477 e. The maximum absolute atomic E-state index is 11.2. The zero-order valence-corrected chi connectivity index (χ0v) is 9.27. The van der Waals surface area contributed by atoms with Crippen LogP contribution in [0.25, 0.3) is 0 Å². The fourth-order valence-corrected chi connectivity index (χ4v) is 3.55. The normalized spacial score (nSPS) is 31.3. The van der Waals surface area contributed by atoms with Crippen LogP contribution in [0.5, 0.6) is 0 Å². The number of aliphatic hydroxyl groups is 1. The summed E-state index contributed by atoms with van der Waals surface area (Å²) in [6, 6.07) is -1.23. The van der Waals surface area contributed by atoms with Gasteiger partial charge in [0.25, 0.3) is 0 Å². The molecule has 0 aromatic heterocycles. The molecule has 6 nitrogen and oxygen atoms in total. The van der Waals surface area contributed by atoms with Crippen LogP contribution in [-0.2, 0) is 14.6 Å². The molecule has 3 unspecified atom stereocenters. The number of aliphatic hydroxyl groups excluding tert-OH is 1. The summed E-state index contributed by atoms with van der Waals surface area (Å²) in [5.74, 6) is -1.38. The van der Waals surface area contributed by atoms with Gasteiger partial charge in [-0.2, -0.15) is 0 Å². The Hall–Kier alpha value is -0.660. The van der Waals surface area contributed by atoms with Gasteiger partial charge in [0.2, 0.25) is 0 Å². The summed E-state index contributed by atoms with van der Waals surface area (Å²) in [5, 5.41) is 19.7. The first kappa shape index (κ1) is 12.4. The molecule has 0 aliphatic carbocycles. The lowest BCUT2D eigenvalue weighted by molar-refractivity contribution is -0.712. The monoisotopic (exact) mass is 238 g/mol. The Morgan fingerprint density at radius 1 is 1.53 bits per heavy atom. The average molecular weight is 238 g/mol. The fourth-order valence-electron chi connectivity index (χ4n) is 1.73. The quantitative estimate of drug-likeness (QED) is 0.505. The molecule has 1 fully saturated rings. The van der Waals surface area contributed by atoms with Crippen molar-refractivity contribution in [3.05, 3.63) is 0 Å². The Balaban J connectivity index is 2.63. The van der Waals surface area contributed by atoms with Crippen molar-refractivity contribution >= 4 is 15.8 Å². The summed E-state index contributed by atoms with van der Waals surface area (Å²) in [6.07, 6.45) is -0.554. The number of hydrogen-bond donors (Lipinski definition) is 3. The van der Waals surface area contributed by atoms with E-state index in [0.29, 0.717) is 6.42 Å². The molecule has 0 amide bonds. The Labute approximate surface area is 88.2 Å². The van der Waals surface area contributed by atoms with Gasteiger partial charge in [-0.05, 0) is 0 Å². The number of hydrogen-bond acceptors (Lipinski definition) is 4. The topological polar surface area (TPSA) is 108 Å². The molecule has 0 aromatic rings. The largest absolute Gasteiger partial charge is 0.477 e. The van der Waals surface area contributed by atoms with Crippen LogP contribution in [0, 0.1) is 0 Å². The Kier molecular flexibility index (Phi) is 3.69. The van der Waals surface area contributed by atoms with E-state index in [9.17, 15) is 18.3 Å². The summed E-state index contributed by atoms with van der Waals surface area (Å²) < 4.78 is 22.3. The second kappa shape index (κ2) is 4.46. The number of quaternary nitrogens is 1. The maximum Gasteiger partial charge on any atom is 0.362 e. The minimum absolute atomic E-state index is 0.141. The Bertz CT molecular complexity index is 339. The number of nitrogens with two attached hydrogens (primary N) is 1. The van der Waals surface area contributed by atoms with Crippen LogP contribution < -0.4 is 5.32 Å². The summed E-state index contributed by atoms with van der Waals surface area (Å²) in [4.78, 5) is 10.7. The standard InChI is InChI=1S/C8H15NO5S/c1-2-5(8(11)12)9-6-3-15(13,14)4-7(6)10/h5-7,9-10H,2-4H2,1H3,(H,11,12)/p+1. The van der Waals surface area contributed by atoms with Crippen molar-refractivity contribution in [3.8, 4) is 0 Å². The van der Waals surface area contributed by atoms with Gasteiger partial charge in [-0.1, -0.05) is 6.92 Å². The zero-order valence-electron chi connectivity index (χ0n) is 8.46. The third kappa shape index (κ3) is 3.15. The van der Waals surface area contributed by atoms with Crippen molar-refractivity contribution in [1.82, 2.24) is 0 Å². The first-order valence-electron chi connectivity index (χ1n) is 4.82. The molecular formula is C8H16NO5S+. The first-order chi connectivity index (χ1) is 6.85. The van der Waals surface area contributed by atoms with Crippen molar-refractivity contribution in [2.75, 3.05) is 11.5 Å². The van der Waals surface area contributed by atoms with Gasteiger partial charge in [0.15, 0.2) is 15.9 Å². The summed E-state index contributed by atoms with van der Waals surface area (Å²) in [6.45, 7) is 1.71. The Morgan fingerprint density at radius 3 is 2.47 bits per heavy atom. The van der Waals surface area contributed by atoms with Crippen LogP contribution in [-0.4, -0.2) is 54.3 Å². The zero-order chi connectivity index (χ0) is 11.6. The molecule has 1 saturated heterocycles. The van der Waals surface area contributed by atoms with E-state index in [4.69, 9.17) is 5.11 Å². The smallest absolute Gasteiger partial charge is 0.362 e. The lowest BCUT2D eigenvalue weighted by atomic mass is 10.1. The summed E-state index contributed by atoms with van der Waals surface area (Å²) >= 11 is 0. The van der Waals surface area contributed by atoms with Crippen molar-refractivity contribution in [2.24, 2.45) is 0 Å². The van der Waals surface area contributed by atoms with Gasteiger partial charge in [-0.25, -0.2) is 13.2 Å². The molecular weight excluding hydrogens is 222 g/mol. The molecule has 1 rings (SSSR count). The van der Waals surface area contributed by atoms with Crippen LogP contribution in [0.15, 0.2) is 0 Å². The third-order valence-corrected chi connectivity index (χ3v) is 4.34. The molecule has 1 aliphatic rings. The van der Waals surface area contributed by atoms with E-state index in [1.165, 1.54) is 5.32 Å². The lowest BCUT2D eigenvalue weighted by Gasteiger charge is -2.16. The van der Waals surface area contributed by atoms with Crippen molar-refractivity contribution in [3.63, 3.8) is 0 Å². The van der Waals surface area contributed by atoms with Crippen LogP contribution in [0.1, 0.15) is 13.3 Å². The summed E-state index contributed by atoms with van der Waals surface area (Å²) in [7, 11) is -3.20. The maximum atomic E-state index is 11.2. The molecule has 1 aliphatic heterocycles. The highest BCUT2D eigenvalue weighted by Gasteiger charge is 2.41. The number of sulfone groups is 1. The van der Waals surface area contributed by atoms with Gasteiger partial charge in [-0.3, -0.25) is 0 Å². The van der Waals surface area contributed by atoms with E-state index >= 15 is 0 Å². The molecule has 0 radical (unpaired) electrons. The van der Waals surface area contributed by atoms with Crippen LogP contribution >= 0.6 is 0 Å². The molecule has 88 valence electrons. The highest BCUT2D eigenvalue weighted by molar-refractivity contribution is 7.91. The molecule has 0 bridgehead atoms. The van der Waals surface area contributed by atoms with Crippen molar-refractivity contribution < 1.29 is 28.7 Å². The SMILES string of the molecule is CCC([NH2+]C1CS(=O)(=O)CC1O)C(=O)O. The number of rotatable bonds is 4. The number of aliphatic carboxylic acids is 1. The second-order valence-corrected chi connectivity index (χ2v) is 6.01. The predicted octanol–water partition coefficient (Wildman–Crippen LogP) is -2.43. The van der Waals surface area contributed by atoms with E-state index in [-0.39, 0.29) is 11.5 Å². The van der Waals surface area contributed by atoms with E-state index in [0.717, 1.165) is 0 Å². The van der Waals surface area contributed by atoms with Crippen molar-refractivity contribution in [1.29, 1.82) is 0 Å². The lowest BCUT2D eigenvalue weighted by Crippen LogP contribution is -2.98. The molecule has 0 aromatic carbocycles. The molecule has 1 heterocycles. The fraction of sp³-hybridized carbons (Fsp3) is 0.875. The predicted molar refractivity (Wildman–Crippen MR) is 52.1 cm³/mol. The molecule has 0 saturated carbocycles. The number of carboxylic acid groups (broad SMARTS) is 1. The van der Waals surface area contributed by atoms with Crippen LogP contribution in [0.3, 0.4) is 0 Å². The van der Waals surface area contributed by atoms with Gasteiger partial charge in [0.1, 0.15) is 17.9 Å². The van der Waals surface area contributed by atoms with Gasteiger partial charge in [-0.15, -0.1) is 0 Å². The second-order valence-electron chi connectivity index (χ2n) is 3.85. The molecule has 3 atom stereocenters. The van der Waals surface area contributed by atoms with E-state index in [1.54, 1.807) is 6.92 Å². The van der Waals surface area contributed by atoms with E-state index in [2.05, 4.69) is 0 Å². The first-order valence-corrected chi connectivity index (χ1v) is 6.64. The molecule has 7 heteroatoms. The van der Waals surface area contributed by atoms with Gasteiger partial charge in [0, 0.05) is 6.42 Å². The van der Waals surface area contributed by atoms with Crippen molar-refractivity contribution in [2.45, 2.75) is 31.5 Å². The van der Waals surface area contributed by atoms with Crippen LogP contribution in [0.2, 0.25) is 0 Å². The van der Waals surface area contributed by atoms with E-state index < -0.39 is 34.0 Å². The van der Waals surface area contributed by atoms with E-state index in [1.807, 2.05) is 0 Å². The number of carboxylic acids is 1.